The molecular weight excluding hydrogens is 198 g/mol. The smallest absolute Gasteiger partial charge is 0.0740 e. The quantitative estimate of drug-likeness (QED) is 0.759. The average Bonchev–Trinajstić information content (AvgIpc) is 2.30. The normalized spacial score (nSPS) is 21.9. The molecule has 2 N–H and O–H groups in total. The zero-order valence-electron chi connectivity index (χ0n) is 9.93. The Bertz CT molecular complexity index is 375. The molecule has 0 saturated heterocycles. The van der Waals surface area contributed by atoms with Gasteiger partial charge in [-0.1, -0.05) is 12.2 Å². The van der Waals surface area contributed by atoms with Gasteiger partial charge in [0.25, 0.3) is 0 Å². The van der Waals surface area contributed by atoms with E-state index in [1.807, 2.05) is 6.92 Å². The zero-order chi connectivity index (χ0) is 11.5. The number of hydrogen-bond acceptors (Lipinski definition) is 3. The Morgan fingerprint density at radius 1 is 1.12 bits per heavy atom. The Kier molecular flexibility index (Phi) is 3.15. The van der Waals surface area contributed by atoms with Crippen LogP contribution in [0.5, 0.6) is 0 Å². The van der Waals surface area contributed by atoms with Crippen molar-refractivity contribution >= 4 is 0 Å². The number of nitrogens with two attached hydrogens (primary N) is 1. The highest BCUT2D eigenvalue weighted by Crippen LogP contribution is 2.20. The first kappa shape index (κ1) is 11.0. The van der Waals surface area contributed by atoms with Crippen LogP contribution in [0.15, 0.2) is 47.9 Å². The molecule has 0 aliphatic carbocycles. The van der Waals surface area contributed by atoms with Gasteiger partial charge >= 0.3 is 0 Å². The number of hydrogen-bond donors (Lipinski definition) is 1. The minimum absolute atomic E-state index is 0.0797. The maximum absolute atomic E-state index is 5.82. The van der Waals surface area contributed by atoms with Gasteiger partial charge in [0.05, 0.1) is 6.17 Å². The molecule has 0 amide bonds. The molecule has 2 heterocycles. The molecule has 1 atom stereocenters. The molecule has 0 fully saturated rings. The third-order valence-corrected chi connectivity index (χ3v) is 2.93. The van der Waals surface area contributed by atoms with Crippen LogP contribution in [0.25, 0.3) is 0 Å². The Labute approximate surface area is 97.2 Å². The van der Waals surface area contributed by atoms with Crippen LogP contribution in [0.3, 0.4) is 0 Å². The van der Waals surface area contributed by atoms with Crippen LogP contribution in [0.2, 0.25) is 0 Å². The highest BCUT2D eigenvalue weighted by atomic mass is 15.2. The molecule has 0 saturated carbocycles. The third kappa shape index (κ3) is 2.36. The van der Waals surface area contributed by atoms with Crippen LogP contribution in [0.4, 0.5) is 0 Å². The summed E-state index contributed by atoms with van der Waals surface area (Å²) in [6.07, 6.45) is 13.0. The van der Waals surface area contributed by atoms with Gasteiger partial charge in [0, 0.05) is 26.3 Å². The minimum Gasteiger partial charge on any atom is -0.377 e. The molecule has 2 aliphatic heterocycles. The molecule has 3 heteroatoms. The summed E-state index contributed by atoms with van der Waals surface area (Å²) in [6, 6.07) is 0. The number of likely N-dealkylation sites (N-methyl/N-ethyl adjacent to an activating group) is 1. The number of allylic oxidation sites excluding steroid dienone is 4. The lowest BCUT2D eigenvalue weighted by atomic mass is 10.0. The summed E-state index contributed by atoms with van der Waals surface area (Å²) >= 11 is 0. The fourth-order valence-electron chi connectivity index (χ4n) is 1.82. The van der Waals surface area contributed by atoms with Gasteiger partial charge < -0.3 is 15.5 Å². The standard InChI is InChI=1S/C13H19N3/c1-11(14)16-9-5-13(6-10-16)12-3-7-15(2)8-4-12/h3-7,9,11H,8,10,14H2,1-2H3. The van der Waals surface area contributed by atoms with Gasteiger partial charge in [-0.3, -0.25) is 0 Å². The van der Waals surface area contributed by atoms with Gasteiger partial charge in [0.15, 0.2) is 0 Å². The zero-order valence-corrected chi connectivity index (χ0v) is 9.93. The van der Waals surface area contributed by atoms with E-state index < -0.39 is 0 Å². The summed E-state index contributed by atoms with van der Waals surface area (Å²) in [4.78, 5) is 4.27. The van der Waals surface area contributed by atoms with E-state index in [1.165, 1.54) is 11.1 Å². The van der Waals surface area contributed by atoms with Crippen LogP contribution in [0.1, 0.15) is 6.92 Å². The summed E-state index contributed by atoms with van der Waals surface area (Å²) in [5.74, 6) is 0. The van der Waals surface area contributed by atoms with Crippen molar-refractivity contribution in [3.63, 3.8) is 0 Å². The molecule has 2 aliphatic rings. The largest absolute Gasteiger partial charge is 0.377 e. The molecule has 0 spiro atoms. The molecule has 2 rings (SSSR count). The van der Waals surface area contributed by atoms with E-state index >= 15 is 0 Å². The minimum atomic E-state index is 0.0797. The lowest BCUT2D eigenvalue weighted by molar-refractivity contribution is 0.325. The molecule has 0 aromatic carbocycles. The first-order valence-corrected chi connectivity index (χ1v) is 5.65. The molecular formula is C13H19N3. The topological polar surface area (TPSA) is 32.5 Å². The molecule has 0 bridgehead atoms. The first-order valence-electron chi connectivity index (χ1n) is 5.65. The number of rotatable bonds is 2. The molecule has 0 radical (unpaired) electrons. The Balaban J connectivity index is 2.04. The van der Waals surface area contributed by atoms with Crippen LogP contribution in [0, 0.1) is 0 Å². The molecule has 1 unspecified atom stereocenters. The second-order valence-electron chi connectivity index (χ2n) is 4.33. The number of nitrogens with zero attached hydrogens (tertiary/aromatic N) is 2. The lowest BCUT2D eigenvalue weighted by Gasteiger charge is -2.27. The average molecular weight is 217 g/mol. The van der Waals surface area contributed by atoms with E-state index in [0.29, 0.717) is 0 Å². The third-order valence-electron chi connectivity index (χ3n) is 2.93. The van der Waals surface area contributed by atoms with E-state index in [0.717, 1.165) is 13.1 Å². The highest BCUT2D eigenvalue weighted by Gasteiger charge is 2.10. The van der Waals surface area contributed by atoms with Crippen molar-refractivity contribution < 1.29 is 0 Å². The summed E-state index contributed by atoms with van der Waals surface area (Å²) in [7, 11) is 2.08. The van der Waals surface area contributed by atoms with Gasteiger partial charge in [0.1, 0.15) is 0 Å². The SMILES string of the molecule is CC(N)N1C=CC(C2=CCN(C)C=C2)=CC1. The molecule has 16 heavy (non-hydrogen) atoms. The van der Waals surface area contributed by atoms with Crippen molar-refractivity contribution in [2.75, 3.05) is 20.1 Å². The van der Waals surface area contributed by atoms with Gasteiger partial charge in [0.2, 0.25) is 0 Å². The van der Waals surface area contributed by atoms with E-state index in [4.69, 9.17) is 5.73 Å². The first-order chi connectivity index (χ1) is 7.66. The van der Waals surface area contributed by atoms with Crippen LogP contribution < -0.4 is 5.73 Å². The Morgan fingerprint density at radius 2 is 1.75 bits per heavy atom. The predicted molar refractivity (Wildman–Crippen MR) is 67.4 cm³/mol. The van der Waals surface area contributed by atoms with E-state index in [1.54, 1.807) is 0 Å². The lowest BCUT2D eigenvalue weighted by Crippen LogP contribution is -2.36. The summed E-state index contributed by atoms with van der Waals surface area (Å²) in [5.41, 5.74) is 8.42. The molecule has 0 aromatic rings. The second kappa shape index (κ2) is 4.58. The van der Waals surface area contributed by atoms with Crippen molar-refractivity contribution in [3.8, 4) is 0 Å². The summed E-state index contributed by atoms with van der Waals surface area (Å²) in [5, 5.41) is 0. The summed E-state index contributed by atoms with van der Waals surface area (Å²) in [6.45, 7) is 3.87. The van der Waals surface area contributed by atoms with Crippen molar-refractivity contribution in [3.05, 3.63) is 47.9 Å². The second-order valence-corrected chi connectivity index (χ2v) is 4.33. The van der Waals surface area contributed by atoms with Crippen LogP contribution >= 0.6 is 0 Å². The van der Waals surface area contributed by atoms with Crippen LogP contribution in [-0.2, 0) is 0 Å². The highest BCUT2D eigenvalue weighted by molar-refractivity contribution is 5.48. The fourth-order valence-corrected chi connectivity index (χ4v) is 1.82. The van der Waals surface area contributed by atoms with Gasteiger partial charge in [-0.2, -0.15) is 0 Å². The summed E-state index contributed by atoms with van der Waals surface area (Å²) < 4.78 is 0. The van der Waals surface area contributed by atoms with E-state index in [-0.39, 0.29) is 6.17 Å². The van der Waals surface area contributed by atoms with Gasteiger partial charge in [-0.25, -0.2) is 0 Å². The fraction of sp³-hybridized carbons (Fsp3) is 0.385. The van der Waals surface area contributed by atoms with E-state index in [2.05, 4.69) is 53.6 Å². The maximum atomic E-state index is 5.82. The van der Waals surface area contributed by atoms with Crippen molar-refractivity contribution in [2.24, 2.45) is 5.73 Å². The van der Waals surface area contributed by atoms with Gasteiger partial charge in [-0.05, 0) is 36.4 Å². The Morgan fingerprint density at radius 3 is 2.19 bits per heavy atom. The van der Waals surface area contributed by atoms with Crippen molar-refractivity contribution in [1.82, 2.24) is 9.80 Å². The predicted octanol–water partition coefficient (Wildman–Crippen LogP) is 1.43. The Hall–Kier alpha value is -1.48. The molecule has 3 nitrogen and oxygen atoms in total. The van der Waals surface area contributed by atoms with Crippen LogP contribution in [-0.4, -0.2) is 36.1 Å². The van der Waals surface area contributed by atoms with E-state index in [9.17, 15) is 0 Å². The molecule has 86 valence electrons. The molecule has 0 aromatic heterocycles. The monoisotopic (exact) mass is 217 g/mol. The van der Waals surface area contributed by atoms with Crippen molar-refractivity contribution in [1.29, 1.82) is 0 Å². The van der Waals surface area contributed by atoms with Crippen molar-refractivity contribution in [2.45, 2.75) is 13.1 Å². The van der Waals surface area contributed by atoms with Gasteiger partial charge in [-0.15, -0.1) is 0 Å². The maximum Gasteiger partial charge on any atom is 0.0740 e.